The minimum atomic E-state index is -0.107. The summed E-state index contributed by atoms with van der Waals surface area (Å²) in [6.45, 7) is 4.73. The maximum Gasteiger partial charge on any atom is 0.0468 e. The van der Waals surface area contributed by atoms with E-state index in [-0.39, 0.29) is 5.41 Å². The Morgan fingerprint density at radius 3 is 1.08 bits per heavy atom. The summed E-state index contributed by atoms with van der Waals surface area (Å²) in [4.78, 5) is 2.48. The molecule has 0 N–H and O–H groups in total. The van der Waals surface area contributed by atoms with Gasteiger partial charge in [-0.2, -0.15) is 0 Å². The van der Waals surface area contributed by atoms with Crippen LogP contribution in [0.5, 0.6) is 0 Å². The van der Waals surface area contributed by atoms with Gasteiger partial charge in [0.25, 0.3) is 0 Å². The zero-order valence-corrected chi connectivity index (χ0v) is 29.2. The van der Waals surface area contributed by atoms with Gasteiger partial charge in [0.2, 0.25) is 0 Å². The summed E-state index contributed by atoms with van der Waals surface area (Å²) in [5.41, 5.74) is 8.77. The SMILES string of the molecule is CC1(C)c2ccccc2-c2ccc(N(c3ccc4c5ccccc5c5ccccc5c4c3)c3ccc4c5ccccc5c5ccccc5c4c3)cc21. The maximum atomic E-state index is 2.48. The molecular weight excluding hydrogens is 627 g/mol. The molecule has 0 saturated heterocycles. The highest BCUT2D eigenvalue weighted by Gasteiger charge is 2.35. The number of benzene rings is 10. The van der Waals surface area contributed by atoms with Crippen LogP contribution in [0.1, 0.15) is 25.0 Å². The van der Waals surface area contributed by atoms with Gasteiger partial charge in [-0.1, -0.05) is 153 Å². The third-order valence-electron chi connectivity index (χ3n) is 11.8. The van der Waals surface area contributed by atoms with Crippen molar-refractivity contribution in [3.8, 4) is 11.1 Å². The molecular formula is C51H35N. The van der Waals surface area contributed by atoms with Crippen molar-refractivity contribution in [1.29, 1.82) is 0 Å². The molecule has 0 aliphatic heterocycles. The van der Waals surface area contributed by atoms with Gasteiger partial charge >= 0.3 is 0 Å². The minimum Gasteiger partial charge on any atom is -0.310 e. The van der Waals surface area contributed by atoms with Crippen LogP contribution < -0.4 is 4.90 Å². The van der Waals surface area contributed by atoms with Gasteiger partial charge in [-0.3, -0.25) is 0 Å². The highest BCUT2D eigenvalue weighted by Crippen LogP contribution is 2.51. The standard InChI is InChI=1S/C51H35N/c1-51(2)49-22-12-11-21-45(49)46-28-25-34(31-50(46)51)52(32-23-26-43-39-17-5-3-13-35(39)37-15-7-9-19-41(37)47(43)29-32)33-24-27-44-40-18-6-4-14-36(40)38-16-8-10-20-42(38)48(44)30-33/h3-31H,1-2H3. The van der Waals surface area contributed by atoms with Crippen molar-refractivity contribution in [2.75, 3.05) is 4.90 Å². The number of anilines is 3. The van der Waals surface area contributed by atoms with Crippen molar-refractivity contribution in [1.82, 2.24) is 0 Å². The number of hydrogen-bond donors (Lipinski definition) is 0. The molecule has 10 aromatic rings. The fourth-order valence-corrected chi connectivity index (χ4v) is 9.35. The molecule has 1 aliphatic rings. The van der Waals surface area contributed by atoms with Gasteiger partial charge < -0.3 is 4.90 Å². The normalized spacial score (nSPS) is 13.3. The van der Waals surface area contributed by atoms with Crippen LogP contribution in [0.3, 0.4) is 0 Å². The third kappa shape index (κ3) is 4.05. The molecule has 1 nitrogen and oxygen atoms in total. The number of rotatable bonds is 3. The van der Waals surface area contributed by atoms with E-state index in [2.05, 4.69) is 195 Å². The average molecular weight is 662 g/mol. The molecule has 0 spiro atoms. The molecule has 52 heavy (non-hydrogen) atoms. The molecule has 11 rings (SSSR count). The van der Waals surface area contributed by atoms with Crippen LogP contribution >= 0.6 is 0 Å². The van der Waals surface area contributed by atoms with Crippen molar-refractivity contribution >= 4 is 81.7 Å². The predicted molar refractivity (Wildman–Crippen MR) is 224 cm³/mol. The fourth-order valence-electron chi connectivity index (χ4n) is 9.35. The van der Waals surface area contributed by atoms with Crippen LogP contribution in [0.25, 0.3) is 75.8 Å². The van der Waals surface area contributed by atoms with E-state index in [0.717, 1.165) is 17.1 Å². The Bertz CT molecular complexity index is 2880. The van der Waals surface area contributed by atoms with Gasteiger partial charge in [0.1, 0.15) is 0 Å². The van der Waals surface area contributed by atoms with E-state index in [1.165, 1.54) is 86.9 Å². The molecule has 0 unspecified atom stereocenters. The highest BCUT2D eigenvalue weighted by atomic mass is 15.1. The molecule has 244 valence electrons. The Morgan fingerprint density at radius 1 is 0.288 bits per heavy atom. The molecule has 0 radical (unpaired) electrons. The molecule has 0 heterocycles. The molecule has 0 aromatic heterocycles. The van der Waals surface area contributed by atoms with Crippen molar-refractivity contribution < 1.29 is 0 Å². The molecule has 0 amide bonds. The van der Waals surface area contributed by atoms with E-state index in [1.54, 1.807) is 0 Å². The summed E-state index contributed by atoms with van der Waals surface area (Å²) in [6, 6.07) is 65.5. The lowest BCUT2D eigenvalue weighted by atomic mass is 9.82. The molecule has 0 saturated carbocycles. The van der Waals surface area contributed by atoms with Crippen molar-refractivity contribution in [2.24, 2.45) is 0 Å². The smallest absolute Gasteiger partial charge is 0.0468 e. The van der Waals surface area contributed by atoms with Crippen molar-refractivity contribution in [2.45, 2.75) is 19.3 Å². The van der Waals surface area contributed by atoms with Gasteiger partial charge in [0, 0.05) is 22.5 Å². The third-order valence-corrected chi connectivity index (χ3v) is 11.8. The highest BCUT2D eigenvalue weighted by molar-refractivity contribution is 6.27. The fraction of sp³-hybridized carbons (Fsp3) is 0.0588. The van der Waals surface area contributed by atoms with Gasteiger partial charge in [0.15, 0.2) is 0 Å². The van der Waals surface area contributed by atoms with E-state index in [9.17, 15) is 0 Å². The first kappa shape index (κ1) is 29.3. The zero-order chi connectivity index (χ0) is 34.6. The second-order valence-corrected chi connectivity index (χ2v) is 14.9. The van der Waals surface area contributed by atoms with Crippen LogP contribution in [0.4, 0.5) is 17.1 Å². The summed E-state index contributed by atoms with van der Waals surface area (Å²) in [6.07, 6.45) is 0. The molecule has 1 heteroatoms. The van der Waals surface area contributed by atoms with E-state index < -0.39 is 0 Å². The van der Waals surface area contributed by atoms with Gasteiger partial charge in [0.05, 0.1) is 0 Å². The Kier molecular flexibility index (Phi) is 6.08. The first-order valence-electron chi connectivity index (χ1n) is 18.3. The first-order chi connectivity index (χ1) is 25.6. The van der Waals surface area contributed by atoms with Crippen molar-refractivity contribution in [3.05, 3.63) is 187 Å². The summed E-state index contributed by atoms with van der Waals surface area (Å²) in [5, 5.41) is 15.4. The van der Waals surface area contributed by atoms with Gasteiger partial charge in [-0.05, 0) is 123 Å². The number of fused-ring (bicyclic) bond motifs is 15. The van der Waals surface area contributed by atoms with E-state index in [4.69, 9.17) is 0 Å². The minimum absolute atomic E-state index is 0.107. The second-order valence-electron chi connectivity index (χ2n) is 14.9. The molecule has 10 aromatic carbocycles. The predicted octanol–water partition coefficient (Wildman–Crippen LogP) is 14.4. The van der Waals surface area contributed by atoms with Crippen molar-refractivity contribution in [3.63, 3.8) is 0 Å². The molecule has 0 bridgehead atoms. The van der Waals surface area contributed by atoms with Crippen LogP contribution in [0.15, 0.2) is 176 Å². The first-order valence-corrected chi connectivity index (χ1v) is 18.3. The van der Waals surface area contributed by atoms with Crippen LogP contribution in [0.2, 0.25) is 0 Å². The van der Waals surface area contributed by atoms with Gasteiger partial charge in [-0.15, -0.1) is 0 Å². The summed E-state index contributed by atoms with van der Waals surface area (Å²) >= 11 is 0. The summed E-state index contributed by atoms with van der Waals surface area (Å²) in [7, 11) is 0. The Morgan fingerprint density at radius 2 is 0.615 bits per heavy atom. The lowest BCUT2D eigenvalue weighted by molar-refractivity contribution is 0.660. The van der Waals surface area contributed by atoms with E-state index in [1.807, 2.05) is 0 Å². The lowest BCUT2D eigenvalue weighted by Crippen LogP contribution is -2.16. The Hall–Kier alpha value is -6.44. The number of hydrogen-bond acceptors (Lipinski definition) is 1. The van der Waals surface area contributed by atoms with E-state index >= 15 is 0 Å². The van der Waals surface area contributed by atoms with E-state index in [0.29, 0.717) is 0 Å². The Labute approximate surface area is 303 Å². The monoisotopic (exact) mass is 661 g/mol. The lowest BCUT2D eigenvalue weighted by Gasteiger charge is -2.29. The maximum absolute atomic E-state index is 2.48. The molecule has 0 fully saturated rings. The average Bonchev–Trinajstić information content (AvgIpc) is 3.43. The van der Waals surface area contributed by atoms with Crippen LogP contribution in [-0.2, 0) is 5.41 Å². The topological polar surface area (TPSA) is 3.24 Å². The van der Waals surface area contributed by atoms with Crippen LogP contribution in [0, 0.1) is 0 Å². The summed E-state index contributed by atoms with van der Waals surface area (Å²) < 4.78 is 0. The summed E-state index contributed by atoms with van der Waals surface area (Å²) in [5.74, 6) is 0. The molecule has 0 atom stereocenters. The zero-order valence-electron chi connectivity index (χ0n) is 29.2. The quantitative estimate of drug-likeness (QED) is 0.170. The second kappa shape index (κ2) is 10.8. The van der Waals surface area contributed by atoms with Crippen LogP contribution in [-0.4, -0.2) is 0 Å². The number of nitrogens with zero attached hydrogens (tertiary/aromatic N) is 1. The van der Waals surface area contributed by atoms with Gasteiger partial charge in [-0.25, -0.2) is 0 Å². The largest absolute Gasteiger partial charge is 0.310 e. The Balaban J connectivity index is 1.21. The molecule has 1 aliphatic carbocycles.